The van der Waals surface area contributed by atoms with Gasteiger partial charge in [-0.05, 0) is 50.7 Å². The van der Waals surface area contributed by atoms with E-state index >= 15 is 0 Å². The van der Waals surface area contributed by atoms with E-state index in [-0.39, 0.29) is 0 Å². The number of nitrogens with zero attached hydrogens (tertiary/aromatic N) is 2. The van der Waals surface area contributed by atoms with Crippen molar-refractivity contribution in [2.24, 2.45) is 0 Å². The van der Waals surface area contributed by atoms with Gasteiger partial charge in [-0.1, -0.05) is 22.0 Å². The van der Waals surface area contributed by atoms with Crippen LogP contribution in [0.4, 0.5) is 5.69 Å². The van der Waals surface area contributed by atoms with Gasteiger partial charge in [0.05, 0.1) is 13.2 Å². The molecule has 2 heterocycles. The zero-order chi connectivity index (χ0) is 15.4. The molecule has 4 nitrogen and oxygen atoms in total. The van der Waals surface area contributed by atoms with Gasteiger partial charge in [0.15, 0.2) is 0 Å². The summed E-state index contributed by atoms with van der Waals surface area (Å²) in [5.74, 6) is 0. The number of morpholine rings is 1. The molecule has 0 spiro atoms. The van der Waals surface area contributed by atoms with Crippen molar-refractivity contribution in [2.75, 3.05) is 51.3 Å². The van der Waals surface area contributed by atoms with Gasteiger partial charge in [0, 0.05) is 35.8 Å². The first-order valence-electron chi connectivity index (χ1n) is 8.27. The maximum Gasteiger partial charge on any atom is 0.0642 e. The van der Waals surface area contributed by atoms with Crippen LogP contribution in [0.15, 0.2) is 22.7 Å². The number of hydrogen-bond donors (Lipinski definition) is 1. The third-order valence-electron chi connectivity index (χ3n) is 4.79. The molecule has 1 N–H and O–H groups in total. The fourth-order valence-corrected chi connectivity index (χ4v) is 3.74. The summed E-state index contributed by atoms with van der Waals surface area (Å²) in [7, 11) is 2.07. The highest BCUT2D eigenvalue weighted by atomic mass is 79.9. The summed E-state index contributed by atoms with van der Waals surface area (Å²) in [6.07, 6.45) is 2.50. The van der Waals surface area contributed by atoms with Crippen LogP contribution in [0.3, 0.4) is 0 Å². The van der Waals surface area contributed by atoms with E-state index in [4.69, 9.17) is 4.74 Å². The predicted molar refractivity (Wildman–Crippen MR) is 94.5 cm³/mol. The van der Waals surface area contributed by atoms with Crippen molar-refractivity contribution < 1.29 is 4.74 Å². The normalized spacial score (nSPS) is 21.3. The smallest absolute Gasteiger partial charge is 0.0642 e. The van der Waals surface area contributed by atoms with Crippen LogP contribution < -0.4 is 10.2 Å². The summed E-state index contributed by atoms with van der Waals surface area (Å²) in [5, 5.41) is 3.40. The first-order chi connectivity index (χ1) is 10.8. The molecule has 2 aliphatic rings. The van der Waals surface area contributed by atoms with Gasteiger partial charge in [0.2, 0.25) is 0 Å². The van der Waals surface area contributed by atoms with Crippen molar-refractivity contribution >= 4 is 21.6 Å². The number of piperidine rings is 1. The number of benzene rings is 1. The molecule has 2 saturated heterocycles. The zero-order valence-electron chi connectivity index (χ0n) is 13.4. The van der Waals surface area contributed by atoms with Crippen molar-refractivity contribution in [3.8, 4) is 0 Å². The van der Waals surface area contributed by atoms with Crippen molar-refractivity contribution in [1.82, 2.24) is 10.2 Å². The van der Waals surface area contributed by atoms with Crippen LogP contribution in [-0.4, -0.2) is 57.4 Å². The van der Waals surface area contributed by atoms with Crippen LogP contribution in [0.25, 0.3) is 0 Å². The first kappa shape index (κ1) is 16.2. The summed E-state index contributed by atoms with van der Waals surface area (Å²) in [6, 6.07) is 7.40. The van der Waals surface area contributed by atoms with Gasteiger partial charge in [-0.25, -0.2) is 0 Å². The molecule has 22 heavy (non-hydrogen) atoms. The minimum absolute atomic E-state index is 0.694. The minimum Gasteiger partial charge on any atom is -0.378 e. The van der Waals surface area contributed by atoms with E-state index in [1.165, 1.54) is 37.2 Å². The number of nitrogens with one attached hydrogen (secondary N) is 1. The molecule has 1 aromatic rings. The second kappa shape index (κ2) is 7.77. The van der Waals surface area contributed by atoms with Crippen LogP contribution in [-0.2, 0) is 11.3 Å². The highest BCUT2D eigenvalue weighted by Crippen LogP contribution is 2.28. The largest absolute Gasteiger partial charge is 0.378 e. The van der Waals surface area contributed by atoms with Crippen LogP contribution in [0, 0.1) is 0 Å². The van der Waals surface area contributed by atoms with Crippen LogP contribution in [0.5, 0.6) is 0 Å². The summed E-state index contributed by atoms with van der Waals surface area (Å²) < 4.78 is 6.65. The van der Waals surface area contributed by atoms with Crippen LogP contribution >= 0.6 is 15.9 Å². The van der Waals surface area contributed by atoms with E-state index in [0.717, 1.165) is 37.3 Å². The third kappa shape index (κ3) is 4.02. The van der Waals surface area contributed by atoms with Crippen LogP contribution in [0.2, 0.25) is 0 Å². The molecule has 0 atom stereocenters. The quantitative estimate of drug-likeness (QED) is 0.884. The molecule has 0 aliphatic carbocycles. The monoisotopic (exact) mass is 367 g/mol. The summed E-state index contributed by atoms with van der Waals surface area (Å²) >= 11 is 3.63. The standard InChI is InChI=1S/C17H26BrN3O/c1-19-16-4-6-20(7-5-16)13-14-2-3-15(18)12-17(14)21-8-10-22-11-9-21/h2-3,12,16,19H,4-11,13H2,1H3. The van der Waals surface area contributed by atoms with E-state index in [0.29, 0.717) is 6.04 Å². The molecular weight excluding hydrogens is 342 g/mol. The fourth-order valence-electron chi connectivity index (χ4n) is 3.39. The van der Waals surface area contributed by atoms with Crippen molar-refractivity contribution in [1.29, 1.82) is 0 Å². The molecule has 2 fully saturated rings. The topological polar surface area (TPSA) is 27.7 Å². The first-order valence-corrected chi connectivity index (χ1v) is 9.06. The Hall–Kier alpha value is -0.620. The van der Waals surface area contributed by atoms with Gasteiger partial charge in [-0.2, -0.15) is 0 Å². The molecule has 2 aliphatic heterocycles. The maximum absolute atomic E-state index is 5.49. The van der Waals surface area contributed by atoms with E-state index in [9.17, 15) is 0 Å². The van der Waals surface area contributed by atoms with E-state index in [2.05, 4.69) is 56.3 Å². The lowest BCUT2D eigenvalue weighted by molar-refractivity contribution is 0.122. The van der Waals surface area contributed by atoms with Crippen LogP contribution in [0.1, 0.15) is 18.4 Å². The Kier molecular flexibility index (Phi) is 5.74. The van der Waals surface area contributed by atoms with Gasteiger partial charge < -0.3 is 15.0 Å². The second-order valence-corrected chi connectivity index (χ2v) is 7.13. The van der Waals surface area contributed by atoms with Gasteiger partial charge in [-0.15, -0.1) is 0 Å². The average Bonchev–Trinajstić information content (AvgIpc) is 2.58. The number of rotatable bonds is 4. The molecule has 0 bridgehead atoms. The minimum atomic E-state index is 0.694. The van der Waals surface area contributed by atoms with Crippen molar-refractivity contribution in [3.05, 3.63) is 28.2 Å². The highest BCUT2D eigenvalue weighted by Gasteiger charge is 2.20. The van der Waals surface area contributed by atoms with Gasteiger partial charge in [0.25, 0.3) is 0 Å². The number of halogens is 1. The number of likely N-dealkylation sites (tertiary alicyclic amines) is 1. The molecule has 0 saturated carbocycles. The van der Waals surface area contributed by atoms with Crippen molar-refractivity contribution in [3.63, 3.8) is 0 Å². The Morgan fingerprint density at radius 1 is 1.18 bits per heavy atom. The van der Waals surface area contributed by atoms with E-state index in [1.807, 2.05) is 0 Å². The molecule has 0 amide bonds. The summed E-state index contributed by atoms with van der Waals surface area (Å²) in [4.78, 5) is 5.05. The summed E-state index contributed by atoms with van der Waals surface area (Å²) in [6.45, 7) is 7.07. The lowest BCUT2D eigenvalue weighted by Gasteiger charge is -2.34. The Morgan fingerprint density at radius 2 is 1.91 bits per heavy atom. The molecule has 0 radical (unpaired) electrons. The number of anilines is 1. The molecule has 0 aromatic heterocycles. The van der Waals surface area contributed by atoms with E-state index < -0.39 is 0 Å². The molecule has 5 heteroatoms. The SMILES string of the molecule is CNC1CCN(Cc2ccc(Br)cc2N2CCOCC2)CC1. The molecule has 122 valence electrons. The fraction of sp³-hybridized carbons (Fsp3) is 0.647. The Labute approximate surface area is 141 Å². The molecule has 3 rings (SSSR count). The zero-order valence-corrected chi connectivity index (χ0v) is 14.9. The number of ether oxygens (including phenoxy) is 1. The molecular formula is C17H26BrN3O. The van der Waals surface area contributed by atoms with Gasteiger partial charge >= 0.3 is 0 Å². The lowest BCUT2D eigenvalue weighted by Crippen LogP contribution is -2.41. The van der Waals surface area contributed by atoms with Gasteiger partial charge in [-0.3, -0.25) is 4.90 Å². The Bertz CT molecular complexity index is 483. The number of hydrogen-bond acceptors (Lipinski definition) is 4. The van der Waals surface area contributed by atoms with Gasteiger partial charge in [0.1, 0.15) is 0 Å². The maximum atomic E-state index is 5.49. The molecule has 0 unspecified atom stereocenters. The average molecular weight is 368 g/mol. The molecule has 1 aromatic carbocycles. The Morgan fingerprint density at radius 3 is 2.59 bits per heavy atom. The highest BCUT2D eigenvalue weighted by molar-refractivity contribution is 9.10. The third-order valence-corrected chi connectivity index (χ3v) is 5.28. The lowest BCUT2D eigenvalue weighted by atomic mass is 10.0. The predicted octanol–water partition coefficient (Wildman–Crippen LogP) is 2.47. The van der Waals surface area contributed by atoms with Crippen molar-refractivity contribution in [2.45, 2.75) is 25.4 Å². The van der Waals surface area contributed by atoms with E-state index in [1.54, 1.807) is 0 Å². The Balaban J connectivity index is 1.70. The second-order valence-electron chi connectivity index (χ2n) is 6.21. The summed E-state index contributed by atoms with van der Waals surface area (Å²) in [5.41, 5.74) is 2.81.